The molecule has 1 aromatic carbocycles. The molecule has 0 spiro atoms. The van der Waals surface area contributed by atoms with Crippen LogP contribution in [0.3, 0.4) is 0 Å². The third-order valence-corrected chi connectivity index (χ3v) is 2.86. The van der Waals surface area contributed by atoms with Gasteiger partial charge in [0.2, 0.25) is 11.8 Å². The molecule has 90 valence electrons. The van der Waals surface area contributed by atoms with Gasteiger partial charge in [-0.15, -0.1) is 0 Å². The summed E-state index contributed by atoms with van der Waals surface area (Å²) in [5.74, 6) is -1.51. The van der Waals surface area contributed by atoms with Crippen molar-refractivity contribution in [1.29, 1.82) is 0 Å². The van der Waals surface area contributed by atoms with Crippen LogP contribution in [-0.2, 0) is 9.59 Å². The fourth-order valence-corrected chi connectivity index (χ4v) is 1.61. The standard InChI is InChI=1S/C11H12FN3O2/c12-7-1-3-8(4-2-7)15-10(17)11(9(13)16)5-14-6-11/h1-4,14H,5-6H2,(H2,13,16)(H,15,17). The van der Waals surface area contributed by atoms with Crippen molar-refractivity contribution < 1.29 is 14.0 Å². The molecule has 1 heterocycles. The molecule has 2 rings (SSSR count). The minimum Gasteiger partial charge on any atom is -0.369 e. The van der Waals surface area contributed by atoms with Crippen LogP contribution in [0.4, 0.5) is 10.1 Å². The van der Waals surface area contributed by atoms with Gasteiger partial charge < -0.3 is 16.4 Å². The monoisotopic (exact) mass is 237 g/mol. The predicted molar refractivity (Wildman–Crippen MR) is 59.5 cm³/mol. The maximum Gasteiger partial charge on any atom is 0.242 e. The van der Waals surface area contributed by atoms with E-state index in [0.717, 1.165) is 0 Å². The van der Waals surface area contributed by atoms with Crippen LogP contribution in [0.5, 0.6) is 0 Å². The van der Waals surface area contributed by atoms with Gasteiger partial charge in [0.15, 0.2) is 5.41 Å². The molecule has 0 aromatic heterocycles. The summed E-state index contributed by atoms with van der Waals surface area (Å²) in [6.45, 7) is 0.463. The van der Waals surface area contributed by atoms with Crippen molar-refractivity contribution in [2.75, 3.05) is 18.4 Å². The summed E-state index contributed by atoms with van der Waals surface area (Å²) in [7, 11) is 0. The third kappa shape index (κ3) is 1.99. The second kappa shape index (κ2) is 4.14. The zero-order chi connectivity index (χ0) is 12.5. The van der Waals surface area contributed by atoms with E-state index in [1.54, 1.807) is 0 Å². The Morgan fingerprint density at radius 1 is 1.29 bits per heavy atom. The zero-order valence-electron chi connectivity index (χ0n) is 9.00. The Balaban J connectivity index is 2.11. The molecule has 0 atom stereocenters. The largest absolute Gasteiger partial charge is 0.369 e. The number of carbonyl (C=O) groups is 2. The Labute approximate surface area is 97.2 Å². The van der Waals surface area contributed by atoms with Gasteiger partial charge in [0.25, 0.3) is 0 Å². The van der Waals surface area contributed by atoms with Gasteiger partial charge >= 0.3 is 0 Å². The van der Waals surface area contributed by atoms with Crippen molar-refractivity contribution in [2.45, 2.75) is 0 Å². The van der Waals surface area contributed by atoms with E-state index in [0.29, 0.717) is 5.69 Å². The van der Waals surface area contributed by atoms with E-state index in [1.807, 2.05) is 0 Å². The lowest BCUT2D eigenvalue weighted by Gasteiger charge is -2.37. The van der Waals surface area contributed by atoms with Crippen LogP contribution in [0.25, 0.3) is 0 Å². The molecule has 1 aliphatic heterocycles. The summed E-state index contributed by atoms with van der Waals surface area (Å²) >= 11 is 0. The van der Waals surface area contributed by atoms with Gasteiger partial charge in [-0.3, -0.25) is 9.59 Å². The van der Waals surface area contributed by atoms with Gasteiger partial charge in [-0.25, -0.2) is 4.39 Å². The maximum atomic E-state index is 12.7. The SMILES string of the molecule is NC(=O)C1(C(=O)Nc2ccc(F)cc2)CNC1. The average Bonchev–Trinajstić information content (AvgIpc) is 2.19. The van der Waals surface area contributed by atoms with Crippen molar-refractivity contribution in [3.05, 3.63) is 30.1 Å². The van der Waals surface area contributed by atoms with Gasteiger partial charge in [-0.05, 0) is 24.3 Å². The highest BCUT2D eigenvalue weighted by molar-refractivity contribution is 6.11. The van der Waals surface area contributed by atoms with E-state index in [1.165, 1.54) is 24.3 Å². The zero-order valence-corrected chi connectivity index (χ0v) is 9.00. The van der Waals surface area contributed by atoms with E-state index in [-0.39, 0.29) is 13.1 Å². The number of hydrogen-bond acceptors (Lipinski definition) is 3. The molecule has 0 radical (unpaired) electrons. The van der Waals surface area contributed by atoms with Crippen molar-refractivity contribution in [1.82, 2.24) is 5.32 Å². The van der Waals surface area contributed by atoms with E-state index in [4.69, 9.17) is 5.73 Å². The van der Waals surface area contributed by atoms with Crippen LogP contribution >= 0.6 is 0 Å². The Bertz CT molecular complexity index is 454. The topological polar surface area (TPSA) is 84.2 Å². The summed E-state index contributed by atoms with van der Waals surface area (Å²) < 4.78 is 12.7. The fourth-order valence-electron chi connectivity index (χ4n) is 1.61. The molecule has 2 amide bonds. The van der Waals surface area contributed by atoms with Gasteiger partial charge in [0, 0.05) is 18.8 Å². The molecule has 0 unspecified atom stereocenters. The molecule has 4 N–H and O–H groups in total. The Morgan fingerprint density at radius 3 is 2.29 bits per heavy atom. The van der Waals surface area contributed by atoms with E-state index in [9.17, 15) is 14.0 Å². The lowest BCUT2D eigenvalue weighted by molar-refractivity contribution is -0.141. The van der Waals surface area contributed by atoms with Crippen LogP contribution < -0.4 is 16.4 Å². The summed E-state index contributed by atoms with van der Waals surface area (Å²) in [5.41, 5.74) is 4.46. The molecule has 0 aliphatic carbocycles. The minimum absolute atomic E-state index is 0.232. The third-order valence-electron chi connectivity index (χ3n) is 2.86. The first-order valence-electron chi connectivity index (χ1n) is 5.12. The Kier molecular flexibility index (Phi) is 2.81. The molecule has 0 saturated carbocycles. The van der Waals surface area contributed by atoms with E-state index >= 15 is 0 Å². The van der Waals surface area contributed by atoms with Crippen molar-refractivity contribution in [2.24, 2.45) is 11.1 Å². The highest BCUT2D eigenvalue weighted by Gasteiger charge is 2.49. The summed E-state index contributed by atoms with van der Waals surface area (Å²) in [5, 5.41) is 5.38. The smallest absolute Gasteiger partial charge is 0.242 e. The van der Waals surface area contributed by atoms with Crippen LogP contribution in [-0.4, -0.2) is 24.9 Å². The summed E-state index contributed by atoms with van der Waals surface area (Å²) in [6.07, 6.45) is 0. The van der Waals surface area contributed by atoms with Crippen molar-refractivity contribution in [3.63, 3.8) is 0 Å². The highest BCUT2D eigenvalue weighted by Crippen LogP contribution is 2.24. The average molecular weight is 237 g/mol. The van der Waals surface area contributed by atoms with Crippen molar-refractivity contribution in [3.8, 4) is 0 Å². The first kappa shape index (κ1) is 11.5. The molecule has 6 heteroatoms. The minimum atomic E-state index is -1.19. The second-order valence-electron chi connectivity index (χ2n) is 4.01. The number of nitrogens with one attached hydrogen (secondary N) is 2. The molecule has 1 aromatic rings. The number of halogens is 1. The summed E-state index contributed by atoms with van der Waals surface area (Å²) in [6, 6.07) is 5.30. The molecule has 0 bridgehead atoms. The van der Waals surface area contributed by atoms with E-state index in [2.05, 4.69) is 10.6 Å². The fraction of sp³-hybridized carbons (Fsp3) is 0.273. The number of nitrogens with two attached hydrogens (primary N) is 1. The lowest BCUT2D eigenvalue weighted by atomic mass is 9.80. The first-order chi connectivity index (χ1) is 8.04. The lowest BCUT2D eigenvalue weighted by Crippen LogP contribution is -2.66. The number of amides is 2. The molecule has 1 saturated heterocycles. The van der Waals surface area contributed by atoms with Gasteiger partial charge in [0.05, 0.1) is 0 Å². The first-order valence-corrected chi connectivity index (χ1v) is 5.12. The molecule has 1 aliphatic rings. The highest BCUT2D eigenvalue weighted by atomic mass is 19.1. The maximum absolute atomic E-state index is 12.7. The predicted octanol–water partition coefficient (Wildman–Crippen LogP) is -0.161. The number of primary amides is 1. The van der Waals surface area contributed by atoms with Crippen LogP contribution in [0.1, 0.15) is 0 Å². The van der Waals surface area contributed by atoms with Crippen LogP contribution in [0, 0.1) is 11.2 Å². The van der Waals surface area contributed by atoms with E-state index < -0.39 is 23.0 Å². The Hall–Kier alpha value is -1.95. The number of anilines is 1. The molecule has 1 fully saturated rings. The van der Waals surface area contributed by atoms with Crippen molar-refractivity contribution >= 4 is 17.5 Å². The number of benzene rings is 1. The summed E-state index contributed by atoms with van der Waals surface area (Å²) in [4.78, 5) is 23.1. The molecular weight excluding hydrogens is 225 g/mol. The normalized spacial score (nSPS) is 17.0. The number of carbonyl (C=O) groups excluding carboxylic acids is 2. The molecule has 5 nitrogen and oxygen atoms in total. The molecular formula is C11H12FN3O2. The van der Waals surface area contributed by atoms with Crippen LogP contribution in [0.15, 0.2) is 24.3 Å². The molecule has 17 heavy (non-hydrogen) atoms. The van der Waals surface area contributed by atoms with Gasteiger partial charge in [-0.1, -0.05) is 0 Å². The Morgan fingerprint density at radius 2 is 1.88 bits per heavy atom. The number of rotatable bonds is 3. The quantitative estimate of drug-likeness (QED) is 0.639. The van der Waals surface area contributed by atoms with Crippen LogP contribution in [0.2, 0.25) is 0 Å². The van der Waals surface area contributed by atoms with Gasteiger partial charge in [-0.2, -0.15) is 0 Å². The second-order valence-corrected chi connectivity index (χ2v) is 4.01. The number of hydrogen-bond donors (Lipinski definition) is 3. The van der Waals surface area contributed by atoms with Gasteiger partial charge in [0.1, 0.15) is 5.82 Å².